The SMILES string of the molecule is CC(C)CC(=O)Nc1nc(-c2ccc(CC(C)C)cc2)cs1. The van der Waals surface area contributed by atoms with Crippen LogP contribution >= 0.6 is 11.3 Å². The van der Waals surface area contributed by atoms with Crippen molar-refractivity contribution >= 4 is 22.4 Å². The summed E-state index contributed by atoms with van der Waals surface area (Å²) in [6, 6.07) is 8.52. The van der Waals surface area contributed by atoms with Crippen LogP contribution in [0.15, 0.2) is 29.6 Å². The van der Waals surface area contributed by atoms with Crippen molar-refractivity contribution in [1.82, 2.24) is 4.98 Å². The van der Waals surface area contributed by atoms with Crippen molar-refractivity contribution in [2.45, 2.75) is 40.5 Å². The summed E-state index contributed by atoms with van der Waals surface area (Å²) in [5, 5.41) is 5.53. The summed E-state index contributed by atoms with van der Waals surface area (Å²) in [6.45, 7) is 8.51. The molecule has 1 N–H and O–H groups in total. The molecule has 1 aromatic heterocycles. The van der Waals surface area contributed by atoms with Crippen LogP contribution in [-0.2, 0) is 11.2 Å². The number of nitrogens with one attached hydrogen (secondary N) is 1. The van der Waals surface area contributed by atoms with E-state index in [2.05, 4.69) is 48.4 Å². The first-order valence-corrected chi connectivity index (χ1v) is 8.66. The number of rotatable bonds is 6. The van der Waals surface area contributed by atoms with Gasteiger partial charge in [-0.3, -0.25) is 4.79 Å². The third-order valence-corrected chi connectivity index (χ3v) is 4.00. The van der Waals surface area contributed by atoms with Crippen LogP contribution in [-0.4, -0.2) is 10.9 Å². The lowest BCUT2D eigenvalue weighted by molar-refractivity contribution is -0.116. The van der Waals surface area contributed by atoms with Gasteiger partial charge < -0.3 is 5.32 Å². The highest BCUT2D eigenvalue weighted by Gasteiger charge is 2.09. The zero-order valence-electron chi connectivity index (χ0n) is 13.7. The van der Waals surface area contributed by atoms with E-state index >= 15 is 0 Å². The van der Waals surface area contributed by atoms with Gasteiger partial charge in [0.05, 0.1) is 5.69 Å². The molecule has 0 saturated carbocycles. The predicted molar refractivity (Wildman–Crippen MR) is 94.2 cm³/mol. The average molecular weight is 316 g/mol. The molecule has 0 saturated heterocycles. The Labute approximate surface area is 136 Å². The first kappa shape index (κ1) is 16.7. The number of nitrogens with zero attached hydrogens (tertiary/aromatic N) is 1. The zero-order valence-corrected chi connectivity index (χ0v) is 14.5. The van der Waals surface area contributed by atoms with E-state index in [1.807, 2.05) is 19.2 Å². The fourth-order valence-corrected chi connectivity index (χ4v) is 3.02. The summed E-state index contributed by atoms with van der Waals surface area (Å²) in [6.07, 6.45) is 1.62. The molecule has 4 heteroatoms. The van der Waals surface area contributed by atoms with Gasteiger partial charge in [-0.15, -0.1) is 11.3 Å². The van der Waals surface area contributed by atoms with Gasteiger partial charge in [0, 0.05) is 17.4 Å². The Kier molecular flexibility index (Phi) is 5.72. The van der Waals surface area contributed by atoms with Crippen LogP contribution in [0.2, 0.25) is 0 Å². The monoisotopic (exact) mass is 316 g/mol. The minimum Gasteiger partial charge on any atom is -0.302 e. The molecule has 0 aliphatic carbocycles. The Morgan fingerprint density at radius 1 is 1.14 bits per heavy atom. The van der Waals surface area contributed by atoms with E-state index in [9.17, 15) is 4.79 Å². The lowest BCUT2D eigenvalue weighted by atomic mass is 10.0. The smallest absolute Gasteiger partial charge is 0.226 e. The fourth-order valence-electron chi connectivity index (χ4n) is 2.29. The van der Waals surface area contributed by atoms with Gasteiger partial charge >= 0.3 is 0 Å². The van der Waals surface area contributed by atoms with Crippen LogP contribution < -0.4 is 5.32 Å². The highest BCUT2D eigenvalue weighted by Crippen LogP contribution is 2.25. The Hall–Kier alpha value is -1.68. The second-order valence-corrected chi connectivity index (χ2v) is 7.34. The lowest BCUT2D eigenvalue weighted by Gasteiger charge is -2.05. The number of anilines is 1. The maximum Gasteiger partial charge on any atom is 0.226 e. The van der Waals surface area contributed by atoms with Gasteiger partial charge in [0.25, 0.3) is 0 Å². The molecule has 1 aromatic carbocycles. The number of carbonyl (C=O) groups is 1. The quantitative estimate of drug-likeness (QED) is 0.815. The number of hydrogen-bond acceptors (Lipinski definition) is 3. The number of hydrogen-bond donors (Lipinski definition) is 1. The molecule has 1 heterocycles. The predicted octanol–water partition coefficient (Wildman–Crippen LogP) is 4.99. The molecular weight excluding hydrogens is 292 g/mol. The summed E-state index contributed by atoms with van der Waals surface area (Å²) in [7, 11) is 0. The highest BCUT2D eigenvalue weighted by atomic mass is 32.1. The molecule has 0 fully saturated rings. The number of benzene rings is 1. The van der Waals surface area contributed by atoms with Crippen LogP contribution in [0.4, 0.5) is 5.13 Å². The summed E-state index contributed by atoms with van der Waals surface area (Å²) >= 11 is 1.47. The lowest BCUT2D eigenvalue weighted by Crippen LogP contribution is -2.13. The van der Waals surface area contributed by atoms with Crippen LogP contribution in [0.5, 0.6) is 0 Å². The van der Waals surface area contributed by atoms with Crippen molar-refractivity contribution in [3.63, 3.8) is 0 Å². The largest absolute Gasteiger partial charge is 0.302 e. The molecule has 0 radical (unpaired) electrons. The third kappa shape index (κ3) is 4.95. The molecule has 3 nitrogen and oxygen atoms in total. The molecule has 0 unspecified atom stereocenters. The Morgan fingerprint density at radius 2 is 1.82 bits per heavy atom. The summed E-state index contributed by atoms with van der Waals surface area (Å²) in [4.78, 5) is 16.3. The first-order chi connectivity index (χ1) is 10.4. The molecule has 0 atom stereocenters. The molecule has 2 aromatic rings. The van der Waals surface area contributed by atoms with Crippen LogP contribution in [0.25, 0.3) is 11.3 Å². The van der Waals surface area contributed by atoms with Gasteiger partial charge in [0.15, 0.2) is 5.13 Å². The minimum atomic E-state index is 0.0307. The summed E-state index contributed by atoms with van der Waals surface area (Å²) in [5.74, 6) is 1.05. The van der Waals surface area contributed by atoms with Crippen molar-refractivity contribution in [3.05, 3.63) is 35.2 Å². The molecule has 22 heavy (non-hydrogen) atoms. The molecule has 1 amide bonds. The van der Waals surface area contributed by atoms with Crippen molar-refractivity contribution in [3.8, 4) is 11.3 Å². The van der Waals surface area contributed by atoms with E-state index in [1.165, 1.54) is 16.9 Å². The summed E-state index contributed by atoms with van der Waals surface area (Å²) in [5.41, 5.74) is 3.36. The number of thiazole rings is 1. The van der Waals surface area contributed by atoms with Gasteiger partial charge in [-0.25, -0.2) is 4.98 Å². The minimum absolute atomic E-state index is 0.0307. The molecule has 2 rings (SSSR count). The second kappa shape index (κ2) is 7.54. The van der Waals surface area contributed by atoms with Crippen molar-refractivity contribution < 1.29 is 4.79 Å². The molecular formula is C18H24N2OS. The average Bonchev–Trinajstić information content (AvgIpc) is 2.86. The van der Waals surface area contributed by atoms with Crippen LogP contribution in [0.1, 0.15) is 39.7 Å². The number of aromatic nitrogens is 1. The van der Waals surface area contributed by atoms with Gasteiger partial charge in [0.2, 0.25) is 5.91 Å². The van der Waals surface area contributed by atoms with Gasteiger partial charge in [-0.05, 0) is 23.8 Å². The molecule has 0 aliphatic rings. The Morgan fingerprint density at radius 3 is 2.41 bits per heavy atom. The van der Waals surface area contributed by atoms with Crippen molar-refractivity contribution in [2.24, 2.45) is 11.8 Å². The van der Waals surface area contributed by atoms with E-state index in [0.717, 1.165) is 17.7 Å². The molecule has 0 aliphatic heterocycles. The van der Waals surface area contributed by atoms with E-state index in [-0.39, 0.29) is 5.91 Å². The summed E-state index contributed by atoms with van der Waals surface area (Å²) < 4.78 is 0. The second-order valence-electron chi connectivity index (χ2n) is 6.48. The number of carbonyl (C=O) groups excluding carboxylic acids is 1. The van der Waals surface area contributed by atoms with E-state index in [4.69, 9.17) is 0 Å². The normalized spacial score (nSPS) is 11.2. The van der Waals surface area contributed by atoms with Crippen LogP contribution in [0, 0.1) is 11.8 Å². The van der Waals surface area contributed by atoms with Gasteiger partial charge in [0.1, 0.15) is 0 Å². The van der Waals surface area contributed by atoms with E-state index in [1.54, 1.807) is 0 Å². The first-order valence-electron chi connectivity index (χ1n) is 7.78. The Balaban J connectivity index is 2.03. The maximum atomic E-state index is 11.8. The van der Waals surface area contributed by atoms with E-state index < -0.39 is 0 Å². The molecule has 0 bridgehead atoms. The highest BCUT2D eigenvalue weighted by molar-refractivity contribution is 7.14. The third-order valence-electron chi connectivity index (χ3n) is 3.24. The maximum absolute atomic E-state index is 11.8. The Bertz CT molecular complexity index is 614. The van der Waals surface area contributed by atoms with E-state index in [0.29, 0.717) is 23.4 Å². The van der Waals surface area contributed by atoms with Gasteiger partial charge in [-0.1, -0.05) is 52.0 Å². The topological polar surface area (TPSA) is 42.0 Å². The molecule has 118 valence electrons. The standard InChI is InChI=1S/C18H24N2OS/c1-12(2)9-14-5-7-15(8-6-14)16-11-22-18(19-16)20-17(21)10-13(3)4/h5-8,11-13H,9-10H2,1-4H3,(H,19,20,21). The van der Waals surface area contributed by atoms with Gasteiger partial charge in [-0.2, -0.15) is 0 Å². The van der Waals surface area contributed by atoms with Crippen molar-refractivity contribution in [1.29, 1.82) is 0 Å². The molecule has 0 spiro atoms. The van der Waals surface area contributed by atoms with Crippen molar-refractivity contribution in [2.75, 3.05) is 5.32 Å². The van der Waals surface area contributed by atoms with Crippen LogP contribution in [0.3, 0.4) is 0 Å². The zero-order chi connectivity index (χ0) is 16.1. The fraction of sp³-hybridized carbons (Fsp3) is 0.444. The number of amides is 1.